The molecule has 1 N–H and O–H groups in total. The van der Waals surface area contributed by atoms with Crippen molar-refractivity contribution in [2.75, 3.05) is 0 Å². The third kappa shape index (κ3) is 3.97. The highest BCUT2D eigenvalue weighted by molar-refractivity contribution is 7.90. The van der Waals surface area contributed by atoms with Gasteiger partial charge in [0.2, 0.25) is 0 Å². The van der Waals surface area contributed by atoms with Crippen molar-refractivity contribution in [2.45, 2.75) is 11.8 Å². The van der Waals surface area contributed by atoms with Crippen molar-refractivity contribution in [3.8, 4) is 6.07 Å². The van der Waals surface area contributed by atoms with Crippen molar-refractivity contribution in [3.05, 3.63) is 59.6 Å². The Bertz CT molecular complexity index is 951. The molecule has 2 rings (SSSR count). The van der Waals surface area contributed by atoms with E-state index < -0.39 is 21.5 Å². The van der Waals surface area contributed by atoms with Crippen LogP contribution in [0.4, 0.5) is 0 Å². The maximum atomic E-state index is 12.2. The zero-order valence-electron chi connectivity index (χ0n) is 12.5. The van der Waals surface area contributed by atoms with E-state index in [1.807, 2.05) is 0 Å². The van der Waals surface area contributed by atoms with E-state index in [1.54, 1.807) is 16.9 Å². The van der Waals surface area contributed by atoms with Crippen molar-refractivity contribution in [2.24, 2.45) is 0 Å². The first-order chi connectivity index (χ1) is 11.3. The zero-order chi connectivity index (χ0) is 17.7. The summed E-state index contributed by atoms with van der Waals surface area (Å²) in [7, 11) is -4.22. The number of benzene rings is 1. The van der Waals surface area contributed by atoms with Gasteiger partial charge in [-0.1, -0.05) is 12.1 Å². The number of hydrogen-bond acceptors (Lipinski definition) is 6. The molecule has 1 aromatic carbocycles. The van der Waals surface area contributed by atoms with Crippen LogP contribution >= 0.6 is 0 Å². The highest BCUT2D eigenvalue weighted by Gasteiger charge is 2.21. The monoisotopic (exact) mass is 344 g/mol. The van der Waals surface area contributed by atoms with E-state index in [0.29, 0.717) is 0 Å². The molecule has 24 heavy (non-hydrogen) atoms. The number of Topliss-reactive ketones (excluding diaryl/α,β-unsaturated/α-hetero) is 1. The van der Waals surface area contributed by atoms with Crippen LogP contribution in [-0.4, -0.2) is 20.1 Å². The van der Waals surface area contributed by atoms with Gasteiger partial charge < -0.3 is 4.42 Å². The number of nitrogens with zero attached hydrogens (tertiary/aromatic N) is 1. The van der Waals surface area contributed by atoms with Crippen LogP contribution in [0.5, 0.6) is 0 Å². The van der Waals surface area contributed by atoms with Gasteiger partial charge in [0.25, 0.3) is 15.9 Å². The lowest BCUT2D eigenvalue weighted by Gasteiger charge is -2.07. The van der Waals surface area contributed by atoms with Gasteiger partial charge in [0.05, 0.1) is 11.2 Å². The molecule has 1 amide bonds. The maximum absolute atomic E-state index is 12.2. The van der Waals surface area contributed by atoms with Gasteiger partial charge in [-0.3, -0.25) is 9.59 Å². The molecule has 0 aliphatic rings. The van der Waals surface area contributed by atoms with E-state index in [0.717, 1.165) is 12.1 Å². The standard InChI is InChI=1S/C16H12N2O5S/c1-11(19)12-4-2-6-15(9-12)24(21,22)18-16(20)13(10-17)8-14-5-3-7-23-14/h2-9H,1H3,(H,18,20)/b13-8-. The highest BCUT2D eigenvalue weighted by Crippen LogP contribution is 2.13. The molecule has 0 bridgehead atoms. The summed E-state index contributed by atoms with van der Waals surface area (Å²) in [5.74, 6) is -1.17. The molecule has 122 valence electrons. The SMILES string of the molecule is CC(=O)c1cccc(S(=O)(=O)NC(=O)/C(C#N)=C\c2ccco2)c1. The minimum atomic E-state index is -4.22. The Hall–Kier alpha value is -3.18. The van der Waals surface area contributed by atoms with Gasteiger partial charge in [-0.15, -0.1) is 0 Å². The normalized spacial score (nSPS) is 11.6. The predicted molar refractivity (Wildman–Crippen MR) is 84.1 cm³/mol. The Morgan fingerprint density at radius 3 is 2.58 bits per heavy atom. The van der Waals surface area contributed by atoms with Gasteiger partial charge >= 0.3 is 0 Å². The molecule has 0 atom stereocenters. The van der Waals surface area contributed by atoms with Crippen LogP contribution < -0.4 is 4.72 Å². The topological polar surface area (TPSA) is 117 Å². The fourth-order valence-electron chi connectivity index (χ4n) is 1.78. The molecule has 0 saturated carbocycles. The molecular formula is C16H12N2O5S. The number of rotatable bonds is 5. The molecule has 7 nitrogen and oxygen atoms in total. The molecule has 0 radical (unpaired) electrons. The Morgan fingerprint density at radius 1 is 1.25 bits per heavy atom. The number of carbonyl (C=O) groups is 2. The smallest absolute Gasteiger partial charge is 0.275 e. The van der Waals surface area contributed by atoms with Crippen LogP contribution in [0.1, 0.15) is 23.0 Å². The van der Waals surface area contributed by atoms with E-state index in [-0.39, 0.29) is 22.0 Å². The quantitative estimate of drug-likeness (QED) is 0.503. The van der Waals surface area contributed by atoms with Crippen LogP contribution in [0.15, 0.2) is 57.5 Å². The Balaban J connectivity index is 2.28. The van der Waals surface area contributed by atoms with Crippen LogP contribution in [-0.2, 0) is 14.8 Å². The Labute approximate surface area is 138 Å². The third-order valence-electron chi connectivity index (χ3n) is 2.97. The largest absolute Gasteiger partial charge is 0.465 e. The zero-order valence-corrected chi connectivity index (χ0v) is 13.3. The molecule has 0 aliphatic heterocycles. The molecule has 0 aliphatic carbocycles. The maximum Gasteiger partial charge on any atom is 0.275 e. The van der Waals surface area contributed by atoms with Crippen LogP contribution in [0.2, 0.25) is 0 Å². The second-order valence-electron chi connectivity index (χ2n) is 4.70. The second kappa shape index (κ2) is 6.93. The van der Waals surface area contributed by atoms with Gasteiger partial charge in [-0.2, -0.15) is 5.26 Å². The predicted octanol–water partition coefficient (Wildman–Crippen LogP) is 1.89. The number of nitrogens with one attached hydrogen (secondary N) is 1. The molecule has 0 unspecified atom stereocenters. The summed E-state index contributed by atoms with van der Waals surface area (Å²) in [4.78, 5) is 23.1. The Kier molecular flexibility index (Phi) is 4.96. The molecule has 1 aromatic heterocycles. The van der Waals surface area contributed by atoms with Crippen molar-refractivity contribution in [1.82, 2.24) is 4.72 Å². The van der Waals surface area contributed by atoms with Crippen molar-refractivity contribution in [3.63, 3.8) is 0 Å². The van der Waals surface area contributed by atoms with E-state index in [1.165, 1.54) is 37.5 Å². The summed E-state index contributed by atoms with van der Waals surface area (Å²) < 4.78 is 31.2. The first-order valence-electron chi connectivity index (χ1n) is 6.67. The first-order valence-corrected chi connectivity index (χ1v) is 8.15. The van der Waals surface area contributed by atoms with Crippen molar-refractivity contribution < 1.29 is 22.4 Å². The average Bonchev–Trinajstić information content (AvgIpc) is 3.05. The number of ketones is 1. The second-order valence-corrected chi connectivity index (χ2v) is 6.39. The van der Waals surface area contributed by atoms with E-state index in [4.69, 9.17) is 9.68 Å². The van der Waals surface area contributed by atoms with Gasteiger partial charge in [0.15, 0.2) is 5.78 Å². The fourth-order valence-corrected chi connectivity index (χ4v) is 2.79. The summed E-state index contributed by atoms with van der Waals surface area (Å²) in [5, 5.41) is 9.02. The average molecular weight is 344 g/mol. The molecule has 0 spiro atoms. The number of carbonyl (C=O) groups excluding carboxylic acids is 2. The molecule has 2 aromatic rings. The summed E-state index contributed by atoms with van der Waals surface area (Å²) in [6.45, 7) is 1.30. The third-order valence-corrected chi connectivity index (χ3v) is 4.30. The highest BCUT2D eigenvalue weighted by atomic mass is 32.2. The van der Waals surface area contributed by atoms with Gasteiger partial charge in [0.1, 0.15) is 17.4 Å². The van der Waals surface area contributed by atoms with Crippen LogP contribution in [0.25, 0.3) is 6.08 Å². The lowest BCUT2D eigenvalue weighted by atomic mass is 10.2. The number of nitriles is 1. The summed E-state index contributed by atoms with van der Waals surface area (Å²) in [6.07, 6.45) is 2.47. The van der Waals surface area contributed by atoms with Crippen molar-refractivity contribution >= 4 is 27.8 Å². The van der Waals surface area contributed by atoms with E-state index >= 15 is 0 Å². The van der Waals surface area contributed by atoms with Gasteiger partial charge in [0, 0.05) is 11.6 Å². The minimum absolute atomic E-state index is 0.192. The summed E-state index contributed by atoms with van der Waals surface area (Å²) in [5.41, 5.74) is -0.242. The molecule has 8 heteroatoms. The van der Waals surface area contributed by atoms with Crippen molar-refractivity contribution in [1.29, 1.82) is 5.26 Å². The number of amides is 1. The number of hydrogen-bond donors (Lipinski definition) is 1. The number of sulfonamides is 1. The van der Waals surface area contributed by atoms with Gasteiger partial charge in [-0.05, 0) is 31.2 Å². The fraction of sp³-hybridized carbons (Fsp3) is 0.0625. The molecule has 0 saturated heterocycles. The van der Waals surface area contributed by atoms with Crippen LogP contribution in [0.3, 0.4) is 0 Å². The lowest BCUT2D eigenvalue weighted by Crippen LogP contribution is -2.31. The molecule has 1 heterocycles. The summed E-state index contributed by atoms with van der Waals surface area (Å²) in [6, 6.07) is 9.92. The summed E-state index contributed by atoms with van der Waals surface area (Å²) >= 11 is 0. The molecular weight excluding hydrogens is 332 g/mol. The van der Waals surface area contributed by atoms with E-state index in [9.17, 15) is 18.0 Å². The Morgan fingerprint density at radius 2 is 2.00 bits per heavy atom. The first kappa shape index (κ1) is 17.2. The number of furan rings is 1. The minimum Gasteiger partial charge on any atom is -0.465 e. The van der Waals surface area contributed by atoms with Gasteiger partial charge in [-0.25, -0.2) is 13.1 Å². The van der Waals surface area contributed by atoms with Crippen LogP contribution in [0, 0.1) is 11.3 Å². The lowest BCUT2D eigenvalue weighted by molar-refractivity contribution is -0.115. The van der Waals surface area contributed by atoms with E-state index in [2.05, 4.69) is 0 Å². The molecule has 0 fully saturated rings.